The number of imidazole rings is 1. The van der Waals surface area contributed by atoms with E-state index >= 15 is 0 Å². The van der Waals surface area contributed by atoms with Crippen LogP contribution in [0, 0.1) is 0 Å². The number of carbonyl (C=O) groups excluding carboxylic acids is 1. The van der Waals surface area contributed by atoms with Crippen molar-refractivity contribution in [3.8, 4) is 0 Å². The van der Waals surface area contributed by atoms with E-state index in [1.54, 1.807) is 30.3 Å². The fourth-order valence-corrected chi connectivity index (χ4v) is 3.10. The highest BCUT2D eigenvalue weighted by Gasteiger charge is 2.36. The van der Waals surface area contributed by atoms with Crippen LogP contribution in [0.4, 0.5) is 8.78 Å². The third kappa shape index (κ3) is 2.99. The summed E-state index contributed by atoms with van der Waals surface area (Å²) < 4.78 is 28.9. The molecule has 1 amide bonds. The highest BCUT2D eigenvalue weighted by molar-refractivity contribution is 5.98. The van der Waals surface area contributed by atoms with Gasteiger partial charge < -0.3 is 5.32 Å². The number of aromatic nitrogens is 2. The van der Waals surface area contributed by atoms with Gasteiger partial charge in [0, 0.05) is 0 Å². The van der Waals surface area contributed by atoms with Gasteiger partial charge in [-0.15, -0.1) is 0 Å². The van der Waals surface area contributed by atoms with E-state index in [1.807, 2.05) is 28.8 Å². The Balaban J connectivity index is 1.68. The van der Waals surface area contributed by atoms with Crippen LogP contribution in [0.15, 0.2) is 54.7 Å². The number of carbonyl (C=O) groups is 1. The molecule has 0 spiro atoms. The van der Waals surface area contributed by atoms with Gasteiger partial charge in [-0.3, -0.25) is 4.79 Å². The summed E-state index contributed by atoms with van der Waals surface area (Å²) in [6.45, 7) is 0. The lowest BCUT2D eigenvalue weighted by Crippen LogP contribution is -2.33. The molecule has 3 aromatic rings. The summed E-state index contributed by atoms with van der Waals surface area (Å²) in [5.74, 6) is 0.829. The number of fused-ring (bicyclic) bond motifs is 1. The second-order valence-electron chi connectivity index (χ2n) is 6.31. The van der Waals surface area contributed by atoms with Gasteiger partial charge in [-0.1, -0.05) is 36.4 Å². The minimum atomic E-state index is -2.69. The molecule has 128 valence electrons. The molecule has 1 aliphatic carbocycles. The van der Waals surface area contributed by atoms with E-state index in [4.69, 9.17) is 0 Å². The van der Waals surface area contributed by atoms with Gasteiger partial charge in [0.15, 0.2) is 5.52 Å². The maximum atomic E-state index is 13.5. The first kappa shape index (κ1) is 15.7. The number of nitrogens with one attached hydrogen (secondary N) is 2. The number of alkyl halides is 2. The van der Waals surface area contributed by atoms with E-state index in [-0.39, 0.29) is 0 Å². The number of amides is 1. The summed E-state index contributed by atoms with van der Waals surface area (Å²) in [6.07, 6.45) is 1.34. The van der Waals surface area contributed by atoms with Crippen LogP contribution in [0.25, 0.3) is 5.52 Å². The predicted molar refractivity (Wildman–Crippen MR) is 88.6 cm³/mol. The second-order valence-corrected chi connectivity index (χ2v) is 6.31. The van der Waals surface area contributed by atoms with E-state index in [0.717, 1.165) is 18.7 Å². The molecule has 6 heteroatoms. The quantitative estimate of drug-likeness (QED) is 0.686. The SMILES string of the molecule is O=C(NC(c1ccccc1)C(F)F)c1[nH]c(C2CC2)[n+]2ccccc12. The molecule has 2 aromatic heterocycles. The predicted octanol–water partition coefficient (Wildman–Crippen LogP) is 3.37. The number of nitrogens with zero attached hydrogens (tertiary/aromatic N) is 1. The number of rotatable bonds is 5. The summed E-state index contributed by atoms with van der Waals surface area (Å²) in [6, 6.07) is 12.5. The molecule has 25 heavy (non-hydrogen) atoms. The van der Waals surface area contributed by atoms with Crippen LogP contribution < -0.4 is 9.72 Å². The molecule has 2 heterocycles. The Kier molecular flexibility index (Phi) is 3.95. The molecule has 1 atom stereocenters. The van der Waals surface area contributed by atoms with Gasteiger partial charge in [0.2, 0.25) is 5.69 Å². The van der Waals surface area contributed by atoms with Crippen molar-refractivity contribution in [2.24, 2.45) is 0 Å². The monoisotopic (exact) mass is 342 g/mol. The lowest BCUT2D eigenvalue weighted by molar-refractivity contribution is -0.521. The number of pyridine rings is 1. The summed E-state index contributed by atoms with van der Waals surface area (Å²) in [5.41, 5.74) is 1.41. The average Bonchev–Trinajstić information content (AvgIpc) is 3.40. The number of benzene rings is 1. The number of hydrogen-bond donors (Lipinski definition) is 2. The number of aromatic amines is 1. The molecule has 0 bridgehead atoms. The van der Waals surface area contributed by atoms with Crippen molar-refractivity contribution in [2.45, 2.75) is 31.2 Å². The molecule has 0 saturated heterocycles. The van der Waals surface area contributed by atoms with E-state index in [2.05, 4.69) is 10.3 Å². The molecule has 1 aliphatic rings. The summed E-state index contributed by atoms with van der Waals surface area (Å²) in [5, 5.41) is 2.48. The first-order valence-corrected chi connectivity index (χ1v) is 8.31. The molecule has 0 radical (unpaired) electrons. The van der Waals surface area contributed by atoms with Crippen LogP contribution in [0.1, 0.15) is 46.7 Å². The molecule has 1 fully saturated rings. The third-order valence-electron chi connectivity index (χ3n) is 4.52. The molecule has 1 aromatic carbocycles. The van der Waals surface area contributed by atoms with Crippen LogP contribution in [0.5, 0.6) is 0 Å². The fraction of sp³-hybridized carbons (Fsp3) is 0.263. The maximum Gasteiger partial charge on any atom is 0.296 e. The van der Waals surface area contributed by atoms with Crippen molar-refractivity contribution in [3.05, 3.63) is 71.8 Å². The molecule has 2 N–H and O–H groups in total. The highest BCUT2D eigenvalue weighted by atomic mass is 19.3. The summed E-state index contributed by atoms with van der Waals surface area (Å²) in [4.78, 5) is 15.9. The Morgan fingerprint density at radius 1 is 1.12 bits per heavy atom. The minimum Gasteiger partial charge on any atom is -0.336 e. The van der Waals surface area contributed by atoms with Gasteiger partial charge in [0.1, 0.15) is 6.04 Å². The number of hydrogen-bond acceptors (Lipinski definition) is 1. The molecule has 1 unspecified atom stereocenters. The molecule has 1 saturated carbocycles. The van der Waals surface area contributed by atoms with Crippen LogP contribution in [0.2, 0.25) is 0 Å². The largest absolute Gasteiger partial charge is 0.336 e. The Morgan fingerprint density at radius 3 is 2.52 bits per heavy atom. The Hall–Kier alpha value is -2.76. The molecule has 4 nitrogen and oxygen atoms in total. The summed E-state index contributed by atoms with van der Waals surface area (Å²) >= 11 is 0. The average molecular weight is 342 g/mol. The van der Waals surface area contributed by atoms with Crippen molar-refractivity contribution in [3.63, 3.8) is 0 Å². The molecular formula is C19H18F2N3O+. The standard InChI is InChI=1S/C19H17F2N3O/c20-17(21)15(12-6-2-1-3-7-12)23-19(25)16-14-8-4-5-11-24(14)18(22-16)13-9-10-13/h1-8,11,13,15,17H,9-10H2,(H,23,25)/p+1. The minimum absolute atomic E-state index is 0.323. The first-order valence-electron chi connectivity index (χ1n) is 8.31. The Morgan fingerprint density at radius 2 is 1.84 bits per heavy atom. The molecular weight excluding hydrogens is 324 g/mol. The number of H-pyrrole nitrogens is 1. The van der Waals surface area contributed by atoms with Crippen LogP contribution in [-0.2, 0) is 0 Å². The maximum absolute atomic E-state index is 13.5. The van der Waals surface area contributed by atoms with Gasteiger partial charge >= 0.3 is 0 Å². The normalized spacial score (nSPS) is 15.5. The Bertz CT molecular complexity index is 903. The highest BCUT2D eigenvalue weighted by Crippen LogP contribution is 2.38. The van der Waals surface area contributed by atoms with Crippen molar-refractivity contribution >= 4 is 11.4 Å². The van der Waals surface area contributed by atoms with E-state index in [9.17, 15) is 13.6 Å². The van der Waals surface area contributed by atoms with Crippen LogP contribution in [-0.4, -0.2) is 17.3 Å². The van der Waals surface area contributed by atoms with Crippen molar-refractivity contribution in [2.75, 3.05) is 0 Å². The van der Waals surface area contributed by atoms with Crippen LogP contribution >= 0.6 is 0 Å². The fourth-order valence-electron chi connectivity index (χ4n) is 3.10. The second kappa shape index (κ2) is 6.27. The van der Waals surface area contributed by atoms with Gasteiger partial charge in [0.25, 0.3) is 18.2 Å². The molecule has 4 rings (SSSR count). The Labute approximate surface area is 143 Å². The van der Waals surface area contributed by atoms with E-state index in [0.29, 0.717) is 22.7 Å². The van der Waals surface area contributed by atoms with Crippen molar-refractivity contribution in [1.82, 2.24) is 10.3 Å². The molecule has 0 aliphatic heterocycles. The van der Waals surface area contributed by atoms with Gasteiger partial charge in [-0.2, -0.15) is 4.40 Å². The van der Waals surface area contributed by atoms with Gasteiger partial charge in [-0.25, -0.2) is 13.8 Å². The zero-order chi connectivity index (χ0) is 17.4. The lowest BCUT2D eigenvalue weighted by atomic mass is 10.1. The zero-order valence-electron chi connectivity index (χ0n) is 13.5. The smallest absolute Gasteiger partial charge is 0.296 e. The number of halogens is 2. The van der Waals surface area contributed by atoms with Crippen molar-refractivity contribution < 1.29 is 18.0 Å². The van der Waals surface area contributed by atoms with Crippen molar-refractivity contribution in [1.29, 1.82) is 0 Å². The lowest BCUT2D eigenvalue weighted by Gasteiger charge is -2.17. The van der Waals surface area contributed by atoms with E-state index < -0.39 is 18.4 Å². The topological polar surface area (TPSA) is 49.0 Å². The third-order valence-corrected chi connectivity index (χ3v) is 4.52. The zero-order valence-corrected chi connectivity index (χ0v) is 13.5. The first-order chi connectivity index (χ1) is 12.1. The van der Waals surface area contributed by atoms with E-state index in [1.165, 1.54) is 0 Å². The van der Waals surface area contributed by atoms with Gasteiger partial charge in [-0.05, 0) is 30.5 Å². The van der Waals surface area contributed by atoms with Gasteiger partial charge in [0.05, 0.1) is 12.1 Å². The van der Waals surface area contributed by atoms with Crippen LogP contribution in [0.3, 0.4) is 0 Å². The summed E-state index contributed by atoms with van der Waals surface area (Å²) in [7, 11) is 0.